The minimum atomic E-state index is 0.572. The van der Waals surface area contributed by atoms with Gasteiger partial charge in [0.25, 0.3) is 0 Å². The van der Waals surface area contributed by atoms with Crippen molar-refractivity contribution in [3.8, 4) is 0 Å². The van der Waals surface area contributed by atoms with Crippen LogP contribution in [0.1, 0.15) is 63.5 Å². The van der Waals surface area contributed by atoms with Gasteiger partial charge in [-0.05, 0) is 24.8 Å². The highest BCUT2D eigenvalue weighted by Gasteiger charge is 2.33. The fourth-order valence-electron chi connectivity index (χ4n) is 4.18. The van der Waals surface area contributed by atoms with Gasteiger partial charge >= 0.3 is 0 Å². The molecule has 1 saturated heterocycles. The summed E-state index contributed by atoms with van der Waals surface area (Å²) >= 11 is 0. The Morgan fingerprint density at radius 2 is 1.86 bits per heavy atom. The number of nitrogens with one attached hydrogen (secondary N) is 1. The normalized spacial score (nSPS) is 28.6. The van der Waals surface area contributed by atoms with E-state index in [2.05, 4.69) is 47.5 Å². The fourth-order valence-corrected chi connectivity index (χ4v) is 4.18. The molecular formula is C19H30N2. The van der Waals surface area contributed by atoms with E-state index in [4.69, 9.17) is 0 Å². The van der Waals surface area contributed by atoms with E-state index in [9.17, 15) is 0 Å². The lowest BCUT2D eigenvalue weighted by molar-refractivity contribution is 0.0590. The van der Waals surface area contributed by atoms with E-state index in [1.807, 2.05) is 0 Å². The lowest BCUT2D eigenvalue weighted by Gasteiger charge is -2.46. The summed E-state index contributed by atoms with van der Waals surface area (Å²) in [5, 5.41) is 3.80. The Kier molecular flexibility index (Phi) is 5.32. The van der Waals surface area contributed by atoms with E-state index in [0.717, 1.165) is 12.6 Å². The van der Waals surface area contributed by atoms with Gasteiger partial charge in [0.15, 0.2) is 0 Å². The highest BCUT2D eigenvalue weighted by atomic mass is 15.3. The van der Waals surface area contributed by atoms with Crippen molar-refractivity contribution in [2.75, 3.05) is 13.1 Å². The molecule has 1 heterocycles. The van der Waals surface area contributed by atoms with Crippen molar-refractivity contribution >= 4 is 0 Å². The maximum Gasteiger partial charge on any atom is 0.0476 e. The van der Waals surface area contributed by atoms with Crippen molar-refractivity contribution in [1.29, 1.82) is 0 Å². The number of nitrogens with zero attached hydrogens (tertiary/aromatic N) is 1. The van der Waals surface area contributed by atoms with E-state index >= 15 is 0 Å². The van der Waals surface area contributed by atoms with Crippen LogP contribution in [0, 0.1) is 0 Å². The summed E-state index contributed by atoms with van der Waals surface area (Å²) in [6, 6.07) is 13.2. The SMILES string of the molecule is CCCC1CN(C2CCCCC2)C(c2ccccc2)CN1. The van der Waals surface area contributed by atoms with E-state index in [0.29, 0.717) is 12.1 Å². The van der Waals surface area contributed by atoms with Crippen LogP contribution >= 0.6 is 0 Å². The third-order valence-electron chi connectivity index (χ3n) is 5.30. The predicted octanol–water partition coefficient (Wildman–Crippen LogP) is 4.13. The molecule has 2 unspecified atom stereocenters. The van der Waals surface area contributed by atoms with Crippen molar-refractivity contribution in [3.63, 3.8) is 0 Å². The molecule has 1 aromatic rings. The van der Waals surface area contributed by atoms with Crippen LogP contribution in [0.4, 0.5) is 0 Å². The Hall–Kier alpha value is -0.860. The molecule has 2 atom stereocenters. The molecule has 2 fully saturated rings. The zero-order valence-corrected chi connectivity index (χ0v) is 13.4. The zero-order valence-electron chi connectivity index (χ0n) is 13.4. The van der Waals surface area contributed by atoms with Gasteiger partial charge in [-0.3, -0.25) is 4.90 Å². The van der Waals surface area contributed by atoms with Crippen LogP contribution in [-0.4, -0.2) is 30.1 Å². The van der Waals surface area contributed by atoms with Crippen molar-refractivity contribution < 1.29 is 0 Å². The minimum absolute atomic E-state index is 0.572. The number of benzene rings is 1. The summed E-state index contributed by atoms with van der Waals surface area (Å²) < 4.78 is 0. The first kappa shape index (κ1) is 15.1. The Labute approximate surface area is 129 Å². The van der Waals surface area contributed by atoms with E-state index in [1.54, 1.807) is 0 Å². The van der Waals surface area contributed by atoms with Crippen LogP contribution < -0.4 is 5.32 Å². The predicted molar refractivity (Wildman–Crippen MR) is 89.5 cm³/mol. The average Bonchev–Trinajstić information content (AvgIpc) is 2.57. The van der Waals surface area contributed by atoms with Crippen LogP contribution in [0.5, 0.6) is 0 Å². The zero-order chi connectivity index (χ0) is 14.5. The van der Waals surface area contributed by atoms with Gasteiger partial charge in [-0.25, -0.2) is 0 Å². The molecule has 2 nitrogen and oxygen atoms in total. The number of hydrogen-bond donors (Lipinski definition) is 1. The molecule has 1 N–H and O–H groups in total. The molecule has 0 amide bonds. The van der Waals surface area contributed by atoms with E-state index in [1.165, 1.54) is 57.1 Å². The largest absolute Gasteiger partial charge is 0.311 e. The summed E-state index contributed by atoms with van der Waals surface area (Å²) in [6.07, 6.45) is 9.70. The molecule has 1 aliphatic carbocycles. The molecule has 1 aromatic carbocycles. The van der Waals surface area contributed by atoms with Crippen molar-refractivity contribution in [2.45, 2.75) is 70.0 Å². The Morgan fingerprint density at radius 1 is 1.10 bits per heavy atom. The van der Waals surface area contributed by atoms with Gasteiger partial charge in [-0.2, -0.15) is 0 Å². The van der Waals surface area contributed by atoms with Gasteiger partial charge in [0.1, 0.15) is 0 Å². The maximum atomic E-state index is 3.80. The second kappa shape index (κ2) is 7.42. The average molecular weight is 286 g/mol. The third-order valence-corrected chi connectivity index (χ3v) is 5.30. The smallest absolute Gasteiger partial charge is 0.0476 e. The summed E-state index contributed by atoms with van der Waals surface area (Å²) in [5.74, 6) is 0. The molecule has 3 rings (SSSR count). The standard InChI is InChI=1S/C19H30N2/c1-2-9-17-15-21(18-12-7-4-8-13-18)19(14-20-17)16-10-5-3-6-11-16/h3,5-6,10-11,17-20H,2,4,7-9,12-15H2,1H3. The van der Waals surface area contributed by atoms with Crippen LogP contribution in [-0.2, 0) is 0 Å². The number of rotatable bonds is 4. The summed E-state index contributed by atoms with van der Waals surface area (Å²) in [6.45, 7) is 4.65. The first-order chi connectivity index (χ1) is 10.4. The van der Waals surface area contributed by atoms with E-state index in [-0.39, 0.29) is 0 Å². The van der Waals surface area contributed by atoms with Crippen LogP contribution in [0.15, 0.2) is 30.3 Å². The molecule has 116 valence electrons. The molecule has 0 radical (unpaired) electrons. The molecule has 2 aliphatic rings. The monoisotopic (exact) mass is 286 g/mol. The third kappa shape index (κ3) is 3.67. The molecule has 1 aliphatic heterocycles. The van der Waals surface area contributed by atoms with E-state index < -0.39 is 0 Å². The summed E-state index contributed by atoms with van der Waals surface area (Å²) in [4.78, 5) is 2.84. The molecule has 2 heteroatoms. The molecule has 1 saturated carbocycles. The Bertz CT molecular complexity index is 411. The first-order valence-electron chi connectivity index (χ1n) is 8.92. The summed E-state index contributed by atoms with van der Waals surface area (Å²) in [7, 11) is 0. The molecule has 0 spiro atoms. The van der Waals surface area contributed by atoms with Crippen LogP contribution in [0.2, 0.25) is 0 Å². The Morgan fingerprint density at radius 3 is 2.57 bits per heavy atom. The Balaban J connectivity index is 1.76. The van der Waals surface area contributed by atoms with Crippen molar-refractivity contribution in [3.05, 3.63) is 35.9 Å². The number of piperazine rings is 1. The molecular weight excluding hydrogens is 256 g/mol. The van der Waals surface area contributed by atoms with Gasteiger partial charge in [0.05, 0.1) is 0 Å². The van der Waals surface area contributed by atoms with Gasteiger partial charge < -0.3 is 5.32 Å². The minimum Gasteiger partial charge on any atom is -0.311 e. The maximum absolute atomic E-state index is 3.80. The highest BCUT2D eigenvalue weighted by molar-refractivity contribution is 5.20. The second-order valence-corrected chi connectivity index (χ2v) is 6.81. The highest BCUT2D eigenvalue weighted by Crippen LogP contribution is 2.32. The summed E-state index contributed by atoms with van der Waals surface area (Å²) in [5.41, 5.74) is 1.49. The van der Waals surface area contributed by atoms with Gasteiger partial charge in [0, 0.05) is 31.2 Å². The lowest BCUT2D eigenvalue weighted by atomic mass is 9.89. The van der Waals surface area contributed by atoms with Crippen LogP contribution in [0.3, 0.4) is 0 Å². The van der Waals surface area contributed by atoms with Crippen molar-refractivity contribution in [1.82, 2.24) is 10.2 Å². The molecule has 21 heavy (non-hydrogen) atoms. The first-order valence-corrected chi connectivity index (χ1v) is 8.92. The molecule has 0 aromatic heterocycles. The fraction of sp³-hybridized carbons (Fsp3) is 0.684. The topological polar surface area (TPSA) is 15.3 Å². The van der Waals surface area contributed by atoms with Crippen molar-refractivity contribution in [2.24, 2.45) is 0 Å². The van der Waals surface area contributed by atoms with Gasteiger partial charge in [-0.15, -0.1) is 0 Å². The van der Waals surface area contributed by atoms with Gasteiger partial charge in [0.2, 0.25) is 0 Å². The quantitative estimate of drug-likeness (QED) is 0.895. The second-order valence-electron chi connectivity index (χ2n) is 6.81. The number of hydrogen-bond acceptors (Lipinski definition) is 2. The molecule has 0 bridgehead atoms. The van der Waals surface area contributed by atoms with Crippen LogP contribution in [0.25, 0.3) is 0 Å². The van der Waals surface area contributed by atoms with Gasteiger partial charge in [-0.1, -0.05) is 62.9 Å². The lowest BCUT2D eigenvalue weighted by Crippen LogP contribution is -2.55.